The van der Waals surface area contributed by atoms with E-state index < -0.39 is 17.7 Å². The molecule has 0 saturated carbocycles. The van der Waals surface area contributed by atoms with Crippen molar-refractivity contribution in [3.63, 3.8) is 0 Å². The Kier molecular flexibility index (Phi) is 5.69. The third kappa shape index (κ3) is 4.03. The van der Waals surface area contributed by atoms with E-state index >= 15 is 0 Å². The summed E-state index contributed by atoms with van der Waals surface area (Å²) < 4.78 is 26.8. The van der Waals surface area contributed by atoms with Gasteiger partial charge >= 0.3 is 0 Å². The molecule has 18 heavy (non-hydrogen) atoms. The molecule has 2 atom stereocenters. The number of nitrogens with one attached hydrogen (secondary N) is 1. The molecule has 4 heteroatoms. The summed E-state index contributed by atoms with van der Waals surface area (Å²) in [6.45, 7) is 7.17. The van der Waals surface area contributed by atoms with E-state index in [0.717, 1.165) is 12.1 Å². The zero-order valence-corrected chi connectivity index (χ0v) is 11.1. The standard InChI is InChI=1S/C14H21F2NO/c1-9(2)10(3)7-17-8-13(18)14-11(15)5-4-6-12(14)16/h4-6,9-10,13,17-18H,7-8H2,1-3H3. The molecule has 0 aliphatic heterocycles. The van der Waals surface area contributed by atoms with E-state index in [2.05, 4.69) is 26.1 Å². The predicted octanol–water partition coefficient (Wildman–Crippen LogP) is 2.88. The first kappa shape index (κ1) is 15.1. The van der Waals surface area contributed by atoms with Crippen LogP contribution in [0.4, 0.5) is 8.78 Å². The lowest BCUT2D eigenvalue weighted by Crippen LogP contribution is -2.29. The SMILES string of the molecule is CC(C)C(C)CNCC(O)c1c(F)cccc1F. The minimum absolute atomic E-state index is 0.148. The van der Waals surface area contributed by atoms with Crippen LogP contribution in [0.3, 0.4) is 0 Å². The van der Waals surface area contributed by atoms with Crippen molar-refractivity contribution >= 4 is 0 Å². The molecule has 0 saturated heterocycles. The van der Waals surface area contributed by atoms with E-state index in [4.69, 9.17) is 0 Å². The molecule has 2 nitrogen and oxygen atoms in total. The summed E-state index contributed by atoms with van der Waals surface area (Å²) in [5.41, 5.74) is -0.262. The summed E-state index contributed by atoms with van der Waals surface area (Å²) in [5, 5.41) is 12.8. The van der Waals surface area contributed by atoms with Gasteiger partial charge < -0.3 is 10.4 Å². The van der Waals surface area contributed by atoms with Gasteiger partial charge in [-0.25, -0.2) is 8.78 Å². The average molecular weight is 257 g/mol. The number of hydrogen-bond donors (Lipinski definition) is 2. The smallest absolute Gasteiger partial charge is 0.131 e. The summed E-state index contributed by atoms with van der Waals surface area (Å²) in [7, 11) is 0. The second-order valence-electron chi connectivity index (χ2n) is 5.03. The van der Waals surface area contributed by atoms with Crippen molar-refractivity contribution in [1.29, 1.82) is 0 Å². The second kappa shape index (κ2) is 6.81. The van der Waals surface area contributed by atoms with Gasteiger partial charge in [0.15, 0.2) is 0 Å². The Morgan fingerprint density at radius 3 is 2.17 bits per heavy atom. The molecule has 0 aliphatic carbocycles. The maximum absolute atomic E-state index is 13.4. The highest BCUT2D eigenvalue weighted by Gasteiger charge is 2.17. The summed E-state index contributed by atoms with van der Waals surface area (Å²) >= 11 is 0. The monoisotopic (exact) mass is 257 g/mol. The molecule has 2 N–H and O–H groups in total. The minimum atomic E-state index is -1.16. The fourth-order valence-electron chi connectivity index (χ4n) is 1.61. The molecule has 1 rings (SSSR count). The van der Waals surface area contributed by atoms with Crippen LogP contribution in [-0.2, 0) is 0 Å². The predicted molar refractivity (Wildman–Crippen MR) is 68.2 cm³/mol. The van der Waals surface area contributed by atoms with Crippen LogP contribution in [0.2, 0.25) is 0 Å². The van der Waals surface area contributed by atoms with Crippen molar-refractivity contribution in [3.8, 4) is 0 Å². The van der Waals surface area contributed by atoms with E-state index in [9.17, 15) is 13.9 Å². The van der Waals surface area contributed by atoms with E-state index in [-0.39, 0.29) is 12.1 Å². The van der Waals surface area contributed by atoms with Gasteiger partial charge in [0, 0.05) is 6.54 Å². The molecule has 1 aromatic carbocycles. The Morgan fingerprint density at radius 1 is 1.11 bits per heavy atom. The zero-order valence-electron chi connectivity index (χ0n) is 11.1. The van der Waals surface area contributed by atoms with Gasteiger partial charge in [-0.1, -0.05) is 26.8 Å². The molecule has 0 aliphatic rings. The van der Waals surface area contributed by atoms with Crippen molar-refractivity contribution in [2.24, 2.45) is 11.8 Å². The lowest BCUT2D eigenvalue weighted by atomic mass is 9.98. The summed E-state index contributed by atoms with van der Waals surface area (Å²) in [5.74, 6) is -0.440. The number of hydrogen-bond acceptors (Lipinski definition) is 2. The number of aliphatic hydroxyl groups excluding tert-OH is 1. The first-order valence-electron chi connectivity index (χ1n) is 6.26. The van der Waals surface area contributed by atoms with Crippen LogP contribution in [-0.4, -0.2) is 18.2 Å². The van der Waals surface area contributed by atoms with E-state index in [1.165, 1.54) is 6.07 Å². The second-order valence-corrected chi connectivity index (χ2v) is 5.03. The van der Waals surface area contributed by atoms with E-state index in [1.54, 1.807) is 0 Å². The maximum Gasteiger partial charge on any atom is 0.131 e. The number of rotatable bonds is 6. The average Bonchev–Trinajstić information content (AvgIpc) is 2.28. The van der Waals surface area contributed by atoms with Crippen molar-refractivity contribution in [2.75, 3.05) is 13.1 Å². The van der Waals surface area contributed by atoms with Gasteiger partial charge in [0.25, 0.3) is 0 Å². The van der Waals surface area contributed by atoms with Crippen LogP contribution in [0.25, 0.3) is 0 Å². The number of halogens is 2. The van der Waals surface area contributed by atoms with Crippen LogP contribution in [0.1, 0.15) is 32.4 Å². The van der Waals surface area contributed by atoms with Gasteiger partial charge in [0.2, 0.25) is 0 Å². The molecular formula is C14H21F2NO. The molecule has 2 unspecified atom stereocenters. The fraction of sp³-hybridized carbons (Fsp3) is 0.571. The van der Waals surface area contributed by atoms with Gasteiger partial charge in [-0.15, -0.1) is 0 Å². The van der Waals surface area contributed by atoms with Crippen LogP contribution >= 0.6 is 0 Å². The Hall–Kier alpha value is -1.00. The quantitative estimate of drug-likeness (QED) is 0.821. The van der Waals surface area contributed by atoms with Gasteiger partial charge in [0.1, 0.15) is 11.6 Å². The fourth-order valence-corrected chi connectivity index (χ4v) is 1.61. The van der Waals surface area contributed by atoms with Crippen LogP contribution in [0.5, 0.6) is 0 Å². The molecule has 1 aromatic rings. The number of benzene rings is 1. The molecule has 0 heterocycles. The summed E-state index contributed by atoms with van der Waals surface area (Å²) in [6.07, 6.45) is -1.16. The third-order valence-corrected chi connectivity index (χ3v) is 3.28. The Morgan fingerprint density at radius 2 is 1.67 bits per heavy atom. The first-order chi connectivity index (χ1) is 8.43. The molecule has 0 bridgehead atoms. The summed E-state index contributed by atoms with van der Waals surface area (Å²) in [4.78, 5) is 0. The molecule has 0 aromatic heterocycles. The molecule has 102 valence electrons. The van der Waals surface area contributed by atoms with Gasteiger partial charge in [-0.3, -0.25) is 0 Å². The van der Waals surface area contributed by atoms with Crippen LogP contribution in [0, 0.1) is 23.5 Å². The molecular weight excluding hydrogens is 236 g/mol. The molecule has 0 radical (unpaired) electrons. The van der Waals surface area contributed by atoms with Gasteiger partial charge in [0.05, 0.1) is 11.7 Å². The largest absolute Gasteiger partial charge is 0.387 e. The van der Waals surface area contributed by atoms with Gasteiger partial charge in [-0.2, -0.15) is 0 Å². The normalized spacial score (nSPS) is 14.8. The Balaban J connectivity index is 2.53. The van der Waals surface area contributed by atoms with Crippen LogP contribution in [0.15, 0.2) is 18.2 Å². The van der Waals surface area contributed by atoms with Crippen molar-refractivity contribution in [3.05, 3.63) is 35.4 Å². The van der Waals surface area contributed by atoms with E-state index in [0.29, 0.717) is 18.4 Å². The third-order valence-electron chi connectivity index (χ3n) is 3.28. The first-order valence-corrected chi connectivity index (χ1v) is 6.26. The Labute approximate surface area is 107 Å². The van der Waals surface area contributed by atoms with Gasteiger partial charge in [-0.05, 0) is 30.5 Å². The molecule has 0 spiro atoms. The van der Waals surface area contributed by atoms with E-state index in [1.807, 2.05) is 0 Å². The highest BCUT2D eigenvalue weighted by Crippen LogP contribution is 2.20. The summed E-state index contributed by atoms with van der Waals surface area (Å²) in [6, 6.07) is 3.59. The molecule has 0 fully saturated rings. The maximum atomic E-state index is 13.4. The molecule has 0 amide bonds. The van der Waals surface area contributed by atoms with Crippen molar-refractivity contribution < 1.29 is 13.9 Å². The number of aliphatic hydroxyl groups is 1. The lowest BCUT2D eigenvalue weighted by molar-refractivity contribution is 0.162. The zero-order chi connectivity index (χ0) is 13.7. The highest BCUT2D eigenvalue weighted by atomic mass is 19.1. The van der Waals surface area contributed by atoms with Crippen LogP contribution < -0.4 is 5.32 Å². The van der Waals surface area contributed by atoms with Crippen molar-refractivity contribution in [2.45, 2.75) is 26.9 Å². The minimum Gasteiger partial charge on any atom is -0.387 e. The highest BCUT2D eigenvalue weighted by molar-refractivity contribution is 5.22. The lowest BCUT2D eigenvalue weighted by Gasteiger charge is -2.18. The topological polar surface area (TPSA) is 32.3 Å². The Bertz CT molecular complexity index is 362. The van der Waals surface area contributed by atoms with Crippen molar-refractivity contribution in [1.82, 2.24) is 5.32 Å².